The molecular weight excluding hydrogens is 282 g/mol. The number of hydrogen-bond donors (Lipinski definition) is 2. The van der Waals surface area contributed by atoms with E-state index in [4.69, 9.17) is 14.9 Å². The number of methoxy groups -OCH3 is 1. The molecule has 0 spiro atoms. The number of aryl methyl sites for hydroxylation is 1. The van der Waals surface area contributed by atoms with Crippen molar-refractivity contribution in [1.29, 1.82) is 0 Å². The number of ether oxygens (including phenoxy) is 1. The van der Waals surface area contributed by atoms with Gasteiger partial charge in [0.05, 0.1) is 30.4 Å². The Balaban J connectivity index is 2.15. The Morgan fingerprint density at radius 1 is 1.45 bits per heavy atom. The van der Waals surface area contributed by atoms with E-state index < -0.39 is 10.0 Å². The molecule has 0 atom stereocenters. The van der Waals surface area contributed by atoms with Gasteiger partial charge in [0, 0.05) is 0 Å². The van der Waals surface area contributed by atoms with Crippen molar-refractivity contribution in [3.05, 3.63) is 36.0 Å². The minimum absolute atomic E-state index is 0.0257. The molecule has 8 heteroatoms. The van der Waals surface area contributed by atoms with Crippen LogP contribution in [0.15, 0.2) is 33.7 Å². The third-order valence-electron chi connectivity index (χ3n) is 2.59. The topological polar surface area (TPSA) is 107 Å². The predicted molar refractivity (Wildman–Crippen MR) is 72.7 cm³/mol. The summed E-state index contributed by atoms with van der Waals surface area (Å²) in [6.07, 6.45) is 1.52. The van der Waals surface area contributed by atoms with Crippen LogP contribution in [-0.4, -0.2) is 20.5 Å². The summed E-state index contributed by atoms with van der Waals surface area (Å²) in [4.78, 5) is 3.97. The molecule has 2 rings (SSSR count). The first-order chi connectivity index (χ1) is 9.42. The molecule has 2 aromatic rings. The summed E-state index contributed by atoms with van der Waals surface area (Å²) < 4.78 is 36.7. The monoisotopic (exact) mass is 297 g/mol. The summed E-state index contributed by atoms with van der Waals surface area (Å²) in [6, 6.07) is 4.25. The van der Waals surface area contributed by atoms with Crippen molar-refractivity contribution in [3.8, 4) is 5.75 Å². The minimum atomic E-state index is -3.68. The van der Waals surface area contributed by atoms with E-state index in [1.807, 2.05) is 0 Å². The number of aromatic nitrogens is 1. The molecule has 0 amide bonds. The van der Waals surface area contributed by atoms with Gasteiger partial charge in [0.2, 0.25) is 15.9 Å². The summed E-state index contributed by atoms with van der Waals surface area (Å²) in [5.41, 5.74) is 5.94. The number of benzene rings is 1. The van der Waals surface area contributed by atoms with Crippen molar-refractivity contribution in [2.24, 2.45) is 0 Å². The highest BCUT2D eigenvalue weighted by Crippen LogP contribution is 2.24. The van der Waals surface area contributed by atoms with Crippen LogP contribution in [0.2, 0.25) is 0 Å². The number of rotatable bonds is 5. The lowest BCUT2D eigenvalue weighted by atomic mass is 10.3. The Morgan fingerprint density at radius 3 is 2.75 bits per heavy atom. The van der Waals surface area contributed by atoms with Crippen LogP contribution >= 0.6 is 0 Å². The highest BCUT2D eigenvalue weighted by atomic mass is 32.2. The van der Waals surface area contributed by atoms with Crippen LogP contribution in [0.25, 0.3) is 0 Å². The second kappa shape index (κ2) is 5.51. The van der Waals surface area contributed by atoms with Crippen molar-refractivity contribution in [1.82, 2.24) is 9.71 Å². The summed E-state index contributed by atoms with van der Waals surface area (Å²) >= 11 is 0. The van der Waals surface area contributed by atoms with E-state index in [2.05, 4.69) is 9.71 Å². The summed E-state index contributed by atoms with van der Waals surface area (Å²) in [5, 5.41) is 0. The first-order valence-corrected chi connectivity index (χ1v) is 7.25. The Hall–Kier alpha value is -2.06. The van der Waals surface area contributed by atoms with Crippen molar-refractivity contribution < 1.29 is 17.6 Å². The molecule has 1 heterocycles. The standard InChI is InChI=1S/C12H15N3O4S/c1-8-6-14-12(19-8)7-15-20(16,17)9-3-4-11(18-2)10(13)5-9/h3-6,15H,7,13H2,1-2H3. The highest BCUT2D eigenvalue weighted by molar-refractivity contribution is 7.89. The number of sulfonamides is 1. The van der Waals surface area contributed by atoms with Crippen molar-refractivity contribution in [3.63, 3.8) is 0 Å². The SMILES string of the molecule is COc1ccc(S(=O)(=O)NCc2ncc(C)o2)cc1N. The highest BCUT2D eigenvalue weighted by Gasteiger charge is 2.16. The first-order valence-electron chi connectivity index (χ1n) is 5.77. The molecule has 20 heavy (non-hydrogen) atoms. The van der Waals surface area contributed by atoms with Gasteiger partial charge in [-0.2, -0.15) is 0 Å². The van der Waals surface area contributed by atoms with Crippen molar-refractivity contribution in [2.75, 3.05) is 12.8 Å². The van der Waals surface area contributed by atoms with Crippen LogP contribution < -0.4 is 15.2 Å². The van der Waals surface area contributed by atoms with E-state index in [0.717, 1.165) is 0 Å². The van der Waals surface area contributed by atoms with Crippen molar-refractivity contribution in [2.45, 2.75) is 18.4 Å². The van der Waals surface area contributed by atoms with Crippen LogP contribution in [-0.2, 0) is 16.6 Å². The van der Waals surface area contributed by atoms with E-state index in [-0.39, 0.29) is 17.1 Å². The lowest BCUT2D eigenvalue weighted by Gasteiger charge is -2.08. The third kappa shape index (κ3) is 3.09. The summed E-state index contributed by atoms with van der Waals surface area (Å²) in [7, 11) is -2.22. The van der Waals surface area contributed by atoms with Gasteiger partial charge in [-0.15, -0.1) is 0 Å². The number of anilines is 1. The molecule has 1 aromatic heterocycles. The Morgan fingerprint density at radius 2 is 2.20 bits per heavy atom. The Kier molecular flexibility index (Phi) is 3.96. The predicted octanol–water partition coefficient (Wildman–Crippen LogP) is 1.05. The van der Waals surface area contributed by atoms with E-state index in [9.17, 15) is 8.42 Å². The quantitative estimate of drug-likeness (QED) is 0.799. The molecule has 0 aliphatic rings. The molecule has 0 unspecified atom stereocenters. The van der Waals surface area contributed by atoms with Crippen LogP contribution in [0.5, 0.6) is 5.75 Å². The zero-order chi connectivity index (χ0) is 14.8. The fourth-order valence-electron chi connectivity index (χ4n) is 1.60. The number of oxazole rings is 1. The van der Waals surface area contributed by atoms with Crippen LogP contribution in [0.3, 0.4) is 0 Å². The minimum Gasteiger partial charge on any atom is -0.495 e. The fraction of sp³-hybridized carbons (Fsp3) is 0.250. The first kappa shape index (κ1) is 14.4. The maximum absolute atomic E-state index is 12.1. The Bertz CT molecular complexity index is 709. The second-order valence-corrected chi connectivity index (χ2v) is 5.86. The third-order valence-corrected chi connectivity index (χ3v) is 3.99. The van der Waals surface area contributed by atoms with Crippen LogP contribution in [0, 0.1) is 6.92 Å². The number of nitrogens with one attached hydrogen (secondary N) is 1. The molecule has 3 N–H and O–H groups in total. The van der Waals surface area contributed by atoms with Gasteiger partial charge in [-0.1, -0.05) is 0 Å². The molecule has 0 radical (unpaired) electrons. The second-order valence-electron chi connectivity index (χ2n) is 4.09. The molecule has 0 aliphatic carbocycles. The Labute approximate surface area is 116 Å². The van der Waals surface area contributed by atoms with E-state index in [0.29, 0.717) is 17.4 Å². The van der Waals surface area contributed by atoms with Gasteiger partial charge in [0.1, 0.15) is 11.5 Å². The van der Waals surface area contributed by atoms with Gasteiger partial charge >= 0.3 is 0 Å². The summed E-state index contributed by atoms with van der Waals surface area (Å²) in [5.74, 6) is 1.34. The number of nitrogens with two attached hydrogens (primary N) is 1. The number of nitrogens with zero attached hydrogens (tertiary/aromatic N) is 1. The zero-order valence-corrected chi connectivity index (χ0v) is 11.9. The van der Waals surface area contributed by atoms with E-state index >= 15 is 0 Å². The van der Waals surface area contributed by atoms with Gasteiger partial charge in [-0.25, -0.2) is 18.1 Å². The smallest absolute Gasteiger partial charge is 0.241 e. The van der Waals surface area contributed by atoms with Crippen LogP contribution in [0.1, 0.15) is 11.7 Å². The van der Waals surface area contributed by atoms with Gasteiger partial charge in [0.25, 0.3) is 0 Å². The van der Waals surface area contributed by atoms with Gasteiger partial charge < -0.3 is 14.9 Å². The van der Waals surface area contributed by atoms with E-state index in [1.54, 1.807) is 6.92 Å². The molecule has 0 saturated carbocycles. The van der Waals surface area contributed by atoms with Crippen LogP contribution in [0.4, 0.5) is 5.69 Å². The summed E-state index contributed by atoms with van der Waals surface area (Å²) in [6.45, 7) is 1.71. The number of hydrogen-bond acceptors (Lipinski definition) is 6. The van der Waals surface area contributed by atoms with Gasteiger partial charge in [-0.05, 0) is 25.1 Å². The molecule has 0 aliphatic heterocycles. The molecule has 0 saturated heterocycles. The lowest BCUT2D eigenvalue weighted by Crippen LogP contribution is -2.23. The molecule has 108 valence electrons. The normalized spacial score (nSPS) is 11.5. The lowest BCUT2D eigenvalue weighted by molar-refractivity contribution is 0.416. The van der Waals surface area contributed by atoms with Crippen molar-refractivity contribution >= 4 is 15.7 Å². The molecular formula is C12H15N3O4S. The number of nitrogen functional groups attached to an aromatic ring is 1. The molecule has 7 nitrogen and oxygen atoms in total. The maximum Gasteiger partial charge on any atom is 0.241 e. The zero-order valence-electron chi connectivity index (χ0n) is 11.1. The average molecular weight is 297 g/mol. The van der Waals surface area contributed by atoms with Gasteiger partial charge in [0.15, 0.2) is 0 Å². The molecule has 0 bridgehead atoms. The fourth-order valence-corrected chi connectivity index (χ4v) is 2.61. The van der Waals surface area contributed by atoms with Gasteiger partial charge in [-0.3, -0.25) is 0 Å². The molecule has 0 fully saturated rings. The van der Waals surface area contributed by atoms with E-state index in [1.165, 1.54) is 31.5 Å². The largest absolute Gasteiger partial charge is 0.495 e. The maximum atomic E-state index is 12.1. The average Bonchev–Trinajstić information content (AvgIpc) is 2.82. The molecule has 1 aromatic carbocycles.